The molecule has 1 unspecified atom stereocenters. The molecule has 1 atom stereocenters. The van der Waals surface area contributed by atoms with Crippen LogP contribution in [0.25, 0.3) is 0 Å². The summed E-state index contributed by atoms with van der Waals surface area (Å²) in [5.41, 5.74) is 5.30. The second-order valence-corrected chi connectivity index (χ2v) is 4.03. The normalized spacial score (nSPS) is 27.6. The molecule has 0 bridgehead atoms. The molecule has 1 aliphatic heterocycles. The smallest absolute Gasteiger partial charge is 0.330 e. The van der Waals surface area contributed by atoms with Crippen LogP contribution in [-0.4, -0.2) is 32.4 Å². The highest BCUT2D eigenvalue weighted by molar-refractivity contribution is 7.83. The maximum atomic E-state index is 12.3. The zero-order chi connectivity index (χ0) is 8.48. The Balaban J connectivity index is 2.55. The van der Waals surface area contributed by atoms with Gasteiger partial charge in [-0.2, -0.15) is 12.7 Å². The number of nitrogens with two attached hydrogens (primary N) is 1. The first-order valence-corrected chi connectivity index (χ1v) is 4.78. The van der Waals surface area contributed by atoms with Gasteiger partial charge in [0.2, 0.25) is 0 Å². The Morgan fingerprint density at radius 2 is 2.27 bits per heavy atom. The van der Waals surface area contributed by atoms with Gasteiger partial charge < -0.3 is 5.73 Å². The summed E-state index contributed by atoms with van der Waals surface area (Å²) in [6, 6.07) is 0. The molecular formula is C5H11FN2O2S. The van der Waals surface area contributed by atoms with Crippen LogP contribution in [0.5, 0.6) is 0 Å². The molecule has 0 saturated carbocycles. The zero-order valence-electron chi connectivity index (χ0n) is 6.03. The Hall–Kier alpha value is -0.200. The third-order valence-electron chi connectivity index (χ3n) is 1.89. The van der Waals surface area contributed by atoms with Crippen LogP contribution in [0, 0.1) is 5.92 Å². The number of rotatable bonds is 2. The summed E-state index contributed by atoms with van der Waals surface area (Å²) in [5.74, 6) is 0.125. The molecule has 0 aromatic heterocycles. The van der Waals surface area contributed by atoms with Gasteiger partial charge in [0.05, 0.1) is 0 Å². The van der Waals surface area contributed by atoms with E-state index in [9.17, 15) is 12.3 Å². The molecule has 1 heterocycles. The molecular weight excluding hydrogens is 171 g/mol. The molecule has 1 saturated heterocycles. The van der Waals surface area contributed by atoms with E-state index in [2.05, 4.69) is 0 Å². The van der Waals surface area contributed by atoms with Gasteiger partial charge in [0.1, 0.15) is 0 Å². The minimum absolute atomic E-state index is 0.125. The average Bonchev–Trinajstić information content (AvgIpc) is 2.32. The van der Waals surface area contributed by atoms with E-state index in [0.717, 1.165) is 4.31 Å². The van der Waals surface area contributed by atoms with Gasteiger partial charge in [0, 0.05) is 13.1 Å². The van der Waals surface area contributed by atoms with Crippen LogP contribution in [0.4, 0.5) is 3.89 Å². The largest absolute Gasteiger partial charge is 0.374 e. The Bertz CT molecular complexity index is 229. The van der Waals surface area contributed by atoms with Crippen molar-refractivity contribution in [2.45, 2.75) is 6.42 Å². The molecule has 4 nitrogen and oxygen atoms in total. The van der Waals surface area contributed by atoms with Crippen LogP contribution in [-0.2, 0) is 10.4 Å². The minimum Gasteiger partial charge on any atom is -0.330 e. The summed E-state index contributed by atoms with van der Waals surface area (Å²) in [4.78, 5) is 0. The number of hydrogen-bond donors (Lipinski definition) is 1. The van der Waals surface area contributed by atoms with Crippen LogP contribution in [0.1, 0.15) is 6.42 Å². The maximum absolute atomic E-state index is 12.3. The summed E-state index contributed by atoms with van der Waals surface area (Å²) < 4.78 is 33.7. The topological polar surface area (TPSA) is 63.4 Å². The zero-order valence-corrected chi connectivity index (χ0v) is 6.85. The first-order valence-electron chi connectivity index (χ1n) is 3.44. The molecule has 1 rings (SSSR count). The van der Waals surface area contributed by atoms with Crippen LogP contribution in [0.3, 0.4) is 0 Å². The first kappa shape index (κ1) is 8.89. The third-order valence-corrected chi connectivity index (χ3v) is 2.84. The molecule has 1 aliphatic rings. The van der Waals surface area contributed by atoms with Crippen molar-refractivity contribution in [1.82, 2.24) is 4.31 Å². The highest BCUT2D eigenvalue weighted by Crippen LogP contribution is 2.18. The van der Waals surface area contributed by atoms with E-state index in [-0.39, 0.29) is 19.0 Å². The molecule has 0 aliphatic carbocycles. The predicted octanol–water partition coefficient (Wildman–Crippen LogP) is -0.519. The number of hydrogen-bond acceptors (Lipinski definition) is 3. The fraction of sp³-hybridized carbons (Fsp3) is 1.00. The van der Waals surface area contributed by atoms with E-state index in [1.54, 1.807) is 0 Å². The van der Waals surface area contributed by atoms with E-state index in [0.29, 0.717) is 13.0 Å². The van der Waals surface area contributed by atoms with Gasteiger partial charge in [-0.05, 0) is 18.9 Å². The molecule has 0 amide bonds. The molecule has 0 aromatic carbocycles. The van der Waals surface area contributed by atoms with Crippen molar-refractivity contribution < 1.29 is 12.3 Å². The van der Waals surface area contributed by atoms with Crippen molar-refractivity contribution in [3.8, 4) is 0 Å². The molecule has 0 aromatic rings. The van der Waals surface area contributed by atoms with Gasteiger partial charge >= 0.3 is 10.4 Å². The quantitative estimate of drug-likeness (QED) is 0.584. The highest BCUT2D eigenvalue weighted by atomic mass is 32.3. The molecule has 1 fully saturated rings. The van der Waals surface area contributed by atoms with Gasteiger partial charge in [-0.25, -0.2) is 0 Å². The standard InChI is InChI=1S/C5H11FN2O2S/c6-11(9,10)8-2-1-5(3-7)4-8/h5H,1-4,7H2. The SMILES string of the molecule is NCC1CCN(S(=O)(=O)F)C1. The van der Waals surface area contributed by atoms with Gasteiger partial charge in [0.15, 0.2) is 0 Å². The minimum atomic E-state index is -4.47. The lowest BCUT2D eigenvalue weighted by Gasteiger charge is -2.08. The molecule has 2 N–H and O–H groups in total. The van der Waals surface area contributed by atoms with E-state index >= 15 is 0 Å². The fourth-order valence-electron chi connectivity index (χ4n) is 1.19. The van der Waals surface area contributed by atoms with E-state index in [4.69, 9.17) is 5.73 Å². The van der Waals surface area contributed by atoms with Gasteiger partial charge in [-0.1, -0.05) is 3.89 Å². The lowest BCUT2D eigenvalue weighted by Crippen LogP contribution is -2.26. The Morgan fingerprint density at radius 1 is 1.64 bits per heavy atom. The summed E-state index contributed by atoms with van der Waals surface area (Å²) >= 11 is 0. The predicted molar refractivity (Wildman–Crippen MR) is 38.8 cm³/mol. The summed E-state index contributed by atoms with van der Waals surface area (Å²) in [5, 5.41) is 0. The maximum Gasteiger partial charge on any atom is 0.374 e. The van der Waals surface area contributed by atoms with Crippen molar-refractivity contribution in [3.63, 3.8) is 0 Å². The highest BCUT2D eigenvalue weighted by Gasteiger charge is 2.29. The summed E-state index contributed by atoms with van der Waals surface area (Å²) in [6.45, 7) is 0.919. The van der Waals surface area contributed by atoms with Crippen molar-refractivity contribution in [3.05, 3.63) is 0 Å². The van der Waals surface area contributed by atoms with Crippen LogP contribution >= 0.6 is 0 Å². The number of halogens is 1. The lowest BCUT2D eigenvalue weighted by molar-refractivity contribution is 0.425. The van der Waals surface area contributed by atoms with Gasteiger partial charge in [-0.15, -0.1) is 0 Å². The van der Waals surface area contributed by atoms with Crippen LogP contribution in [0.15, 0.2) is 0 Å². The van der Waals surface area contributed by atoms with Crippen molar-refractivity contribution in [2.75, 3.05) is 19.6 Å². The van der Waals surface area contributed by atoms with E-state index < -0.39 is 10.4 Å². The fourth-order valence-corrected chi connectivity index (χ4v) is 1.90. The van der Waals surface area contributed by atoms with E-state index in [1.807, 2.05) is 0 Å². The summed E-state index contributed by atoms with van der Waals surface area (Å²) in [7, 11) is -4.47. The first-order chi connectivity index (χ1) is 5.04. The second-order valence-electron chi connectivity index (χ2n) is 2.69. The monoisotopic (exact) mass is 182 g/mol. The molecule has 6 heteroatoms. The second kappa shape index (κ2) is 3.04. The third kappa shape index (κ3) is 2.11. The van der Waals surface area contributed by atoms with E-state index in [1.165, 1.54) is 0 Å². The Morgan fingerprint density at radius 3 is 2.55 bits per heavy atom. The molecule has 11 heavy (non-hydrogen) atoms. The average molecular weight is 182 g/mol. The molecule has 0 spiro atoms. The van der Waals surface area contributed by atoms with Gasteiger partial charge in [-0.3, -0.25) is 0 Å². The Labute approximate surface area is 65.5 Å². The van der Waals surface area contributed by atoms with Crippen molar-refractivity contribution in [1.29, 1.82) is 0 Å². The summed E-state index contributed by atoms with van der Waals surface area (Å²) in [6.07, 6.45) is 0.666. The van der Waals surface area contributed by atoms with Crippen LogP contribution in [0.2, 0.25) is 0 Å². The molecule has 0 radical (unpaired) electrons. The van der Waals surface area contributed by atoms with Crippen molar-refractivity contribution in [2.24, 2.45) is 11.7 Å². The number of nitrogens with zero attached hydrogens (tertiary/aromatic N) is 1. The Kier molecular flexibility index (Phi) is 2.46. The van der Waals surface area contributed by atoms with Crippen LogP contribution < -0.4 is 5.73 Å². The lowest BCUT2D eigenvalue weighted by atomic mass is 10.1. The van der Waals surface area contributed by atoms with Crippen molar-refractivity contribution >= 4 is 10.4 Å². The van der Waals surface area contributed by atoms with Gasteiger partial charge in [0.25, 0.3) is 0 Å². The molecule has 66 valence electrons.